The van der Waals surface area contributed by atoms with E-state index in [0.29, 0.717) is 0 Å². The summed E-state index contributed by atoms with van der Waals surface area (Å²) >= 11 is 0. The minimum absolute atomic E-state index is 1.11. The molecule has 0 bridgehead atoms. The Kier molecular flexibility index (Phi) is 7.31. The molecule has 0 rings (SSSR count). The van der Waals surface area contributed by atoms with Gasteiger partial charge in [0, 0.05) is 6.21 Å². The van der Waals surface area contributed by atoms with E-state index in [-0.39, 0.29) is 0 Å². The van der Waals surface area contributed by atoms with Gasteiger partial charge >= 0.3 is 0 Å². The second-order valence-corrected chi connectivity index (χ2v) is 2.63. The van der Waals surface area contributed by atoms with E-state index in [2.05, 4.69) is 24.6 Å². The molecule has 0 aliphatic rings. The summed E-state index contributed by atoms with van der Waals surface area (Å²) in [5.41, 5.74) is 4.36. The van der Waals surface area contributed by atoms with E-state index in [9.17, 15) is 0 Å². The Balaban J connectivity index is 3.94. The predicted octanol–water partition coefficient (Wildman–Crippen LogP) is 3.49. The van der Waals surface area contributed by atoms with Crippen LogP contribution in [0, 0.1) is 0 Å². The van der Waals surface area contributed by atoms with Crippen LogP contribution in [0.15, 0.2) is 34.6 Å². The largest absolute Gasteiger partial charge is 0.256 e. The summed E-state index contributed by atoms with van der Waals surface area (Å²) in [4.78, 5) is 4.01. The molecule has 0 aliphatic heterocycles. The van der Waals surface area contributed by atoms with Gasteiger partial charge in [-0.3, -0.25) is 4.99 Å². The van der Waals surface area contributed by atoms with Gasteiger partial charge in [0.15, 0.2) is 0 Å². The molecule has 66 valence electrons. The van der Waals surface area contributed by atoms with Crippen LogP contribution in [0.3, 0.4) is 0 Å². The summed E-state index contributed by atoms with van der Waals surface area (Å²) in [6, 6.07) is 0. The SMILES string of the molecule is C/C=C\C=N/C=C=C(C)CCC. The number of aliphatic imine (C=N–C) groups is 1. The molecule has 0 spiro atoms. The molecular weight excluding hydrogens is 146 g/mol. The summed E-state index contributed by atoms with van der Waals surface area (Å²) in [7, 11) is 0. The van der Waals surface area contributed by atoms with Crippen LogP contribution in [0.4, 0.5) is 0 Å². The van der Waals surface area contributed by atoms with Crippen molar-refractivity contribution in [1.82, 2.24) is 0 Å². The molecular formula is C11H17N. The molecule has 0 amide bonds. The first-order chi connectivity index (χ1) is 5.81. The third-order valence-electron chi connectivity index (χ3n) is 1.38. The third kappa shape index (κ3) is 7.04. The fraction of sp³-hybridized carbons (Fsp3) is 0.455. The third-order valence-corrected chi connectivity index (χ3v) is 1.38. The first-order valence-corrected chi connectivity index (χ1v) is 4.36. The summed E-state index contributed by atoms with van der Waals surface area (Å²) in [6.45, 7) is 6.20. The highest BCUT2D eigenvalue weighted by molar-refractivity contribution is 5.71. The molecule has 0 saturated carbocycles. The monoisotopic (exact) mass is 163 g/mol. The first-order valence-electron chi connectivity index (χ1n) is 4.36. The zero-order chi connectivity index (χ0) is 9.23. The van der Waals surface area contributed by atoms with Crippen molar-refractivity contribution < 1.29 is 0 Å². The van der Waals surface area contributed by atoms with Crippen molar-refractivity contribution in [2.75, 3.05) is 0 Å². The lowest BCUT2D eigenvalue weighted by molar-refractivity contribution is 0.907. The number of nitrogens with zero attached hydrogens (tertiary/aromatic N) is 1. The van der Waals surface area contributed by atoms with Crippen LogP contribution in [-0.4, -0.2) is 6.21 Å². The van der Waals surface area contributed by atoms with Gasteiger partial charge in [-0.05, 0) is 31.9 Å². The summed E-state index contributed by atoms with van der Waals surface area (Å²) in [5.74, 6) is 0. The summed E-state index contributed by atoms with van der Waals surface area (Å²) in [6.07, 6.45) is 9.59. The molecule has 0 aromatic heterocycles. The van der Waals surface area contributed by atoms with Crippen LogP contribution in [-0.2, 0) is 0 Å². The average molecular weight is 163 g/mol. The molecule has 12 heavy (non-hydrogen) atoms. The van der Waals surface area contributed by atoms with E-state index in [1.807, 2.05) is 19.1 Å². The van der Waals surface area contributed by atoms with Gasteiger partial charge < -0.3 is 0 Å². The molecule has 0 aromatic carbocycles. The van der Waals surface area contributed by atoms with Crippen molar-refractivity contribution in [3.05, 3.63) is 29.7 Å². The first kappa shape index (κ1) is 10.9. The van der Waals surface area contributed by atoms with E-state index in [0.717, 1.165) is 6.42 Å². The van der Waals surface area contributed by atoms with Crippen molar-refractivity contribution >= 4 is 6.21 Å². The highest BCUT2D eigenvalue weighted by Gasteiger charge is 1.80. The van der Waals surface area contributed by atoms with Gasteiger partial charge in [0.25, 0.3) is 0 Å². The van der Waals surface area contributed by atoms with Crippen LogP contribution in [0.1, 0.15) is 33.6 Å². The number of rotatable bonds is 4. The van der Waals surface area contributed by atoms with Crippen LogP contribution in [0.2, 0.25) is 0 Å². The zero-order valence-corrected chi connectivity index (χ0v) is 8.17. The van der Waals surface area contributed by atoms with Crippen LogP contribution < -0.4 is 0 Å². The van der Waals surface area contributed by atoms with E-state index < -0.39 is 0 Å². The Hall–Kier alpha value is -1.07. The molecule has 0 aromatic rings. The normalized spacial score (nSPS) is 10.6. The van der Waals surface area contributed by atoms with E-state index >= 15 is 0 Å². The van der Waals surface area contributed by atoms with Gasteiger partial charge in [0.05, 0.1) is 6.20 Å². The Morgan fingerprint density at radius 3 is 2.83 bits per heavy atom. The number of hydrogen-bond acceptors (Lipinski definition) is 1. The fourth-order valence-corrected chi connectivity index (χ4v) is 0.773. The average Bonchev–Trinajstić information content (AvgIpc) is 2.05. The summed E-state index contributed by atoms with van der Waals surface area (Å²) in [5, 5.41) is 0. The van der Waals surface area contributed by atoms with Crippen molar-refractivity contribution in [2.45, 2.75) is 33.6 Å². The van der Waals surface area contributed by atoms with Crippen LogP contribution in [0.5, 0.6) is 0 Å². The molecule has 0 unspecified atom stereocenters. The smallest absolute Gasteiger partial charge is 0.0685 e. The standard InChI is InChI=1S/C11H17N/c1-4-6-9-12-10-8-11(3)7-5-2/h4,6,9-10H,5,7H2,1-3H3/b6-4-,12-9-. The van der Waals surface area contributed by atoms with Gasteiger partial charge in [-0.1, -0.05) is 19.4 Å². The second kappa shape index (κ2) is 8.03. The molecule has 1 nitrogen and oxygen atoms in total. The molecule has 0 atom stereocenters. The van der Waals surface area contributed by atoms with Gasteiger partial charge in [-0.15, -0.1) is 5.73 Å². The molecule has 0 fully saturated rings. The van der Waals surface area contributed by atoms with E-state index in [1.165, 1.54) is 12.0 Å². The van der Waals surface area contributed by atoms with Gasteiger partial charge in [0.1, 0.15) is 0 Å². The van der Waals surface area contributed by atoms with Gasteiger partial charge in [0.2, 0.25) is 0 Å². The van der Waals surface area contributed by atoms with Crippen molar-refractivity contribution in [3.8, 4) is 0 Å². The topological polar surface area (TPSA) is 12.4 Å². The van der Waals surface area contributed by atoms with E-state index in [4.69, 9.17) is 0 Å². The lowest BCUT2D eigenvalue weighted by Crippen LogP contribution is -1.69. The van der Waals surface area contributed by atoms with Gasteiger partial charge in [-0.2, -0.15) is 0 Å². The van der Waals surface area contributed by atoms with Crippen molar-refractivity contribution in [1.29, 1.82) is 0 Å². The zero-order valence-electron chi connectivity index (χ0n) is 8.17. The Bertz CT molecular complexity index is 215. The fourth-order valence-electron chi connectivity index (χ4n) is 0.773. The van der Waals surface area contributed by atoms with Crippen molar-refractivity contribution in [3.63, 3.8) is 0 Å². The van der Waals surface area contributed by atoms with Gasteiger partial charge in [-0.25, -0.2) is 0 Å². The Morgan fingerprint density at radius 1 is 1.50 bits per heavy atom. The lowest BCUT2D eigenvalue weighted by Gasteiger charge is -1.88. The lowest BCUT2D eigenvalue weighted by atomic mass is 10.2. The maximum absolute atomic E-state index is 4.01. The molecule has 0 radical (unpaired) electrons. The molecule has 0 aliphatic carbocycles. The number of hydrogen-bond donors (Lipinski definition) is 0. The Labute approximate surface area is 75.2 Å². The molecule has 0 N–H and O–H groups in total. The highest BCUT2D eigenvalue weighted by Crippen LogP contribution is 1.99. The molecule has 1 heteroatoms. The molecule has 0 heterocycles. The Morgan fingerprint density at radius 2 is 2.25 bits per heavy atom. The maximum Gasteiger partial charge on any atom is 0.0685 e. The quantitative estimate of drug-likeness (QED) is 0.444. The van der Waals surface area contributed by atoms with Crippen LogP contribution >= 0.6 is 0 Å². The highest BCUT2D eigenvalue weighted by atomic mass is 14.6. The predicted molar refractivity (Wildman–Crippen MR) is 55.5 cm³/mol. The minimum atomic E-state index is 1.11. The van der Waals surface area contributed by atoms with Crippen molar-refractivity contribution in [2.24, 2.45) is 4.99 Å². The van der Waals surface area contributed by atoms with Crippen LogP contribution in [0.25, 0.3) is 0 Å². The summed E-state index contributed by atoms with van der Waals surface area (Å²) < 4.78 is 0. The van der Waals surface area contributed by atoms with E-state index in [1.54, 1.807) is 12.4 Å². The maximum atomic E-state index is 4.01. The minimum Gasteiger partial charge on any atom is -0.256 e. The number of allylic oxidation sites excluding steroid dienone is 3. The molecule has 0 saturated heterocycles. The second-order valence-electron chi connectivity index (χ2n) is 2.63.